The number of hydrogen-bond donors (Lipinski definition) is 2. The Kier molecular flexibility index (Phi) is 8.61. The Morgan fingerprint density at radius 3 is 2.39 bits per heavy atom. The fourth-order valence-electron chi connectivity index (χ4n) is 1.32. The second-order valence-electron chi connectivity index (χ2n) is 3.78. The third kappa shape index (κ3) is 7.65. The lowest BCUT2D eigenvalue weighted by Crippen LogP contribution is -2.16. The fourth-order valence-corrected chi connectivity index (χ4v) is 1.32. The Hall–Kier alpha value is -1.59. The molecular formula is C13H19O5-. The van der Waals surface area contributed by atoms with Crippen LogP contribution >= 0.6 is 0 Å². The molecule has 1 aromatic carbocycles. The summed E-state index contributed by atoms with van der Waals surface area (Å²) in [5.41, 5.74) is 1.07. The van der Waals surface area contributed by atoms with Crippen molar-refractivity contribution in [1.82, 2.24) is 0 Å². The smallest absolute Gasteiger partial charge is 0.119 e. The molecule has 1 rings (SSSR count). The predicted molar refractivity (Wildman–Crippen MR) is 65.0 cm³/mol. The quantitative estimate of drug-likeness (QED) is 0.747. The van der Waals surface area contributed by atoms with Crippen LogP contribution in [0.3, 0.4) is 0 Å². The van der Waals surface area contributed by atoms with Crippen LogP contribution < -0.4 is 9.84 Å². The van der Waals surface area contributed by atoms with Gasteiger partial charge < -0.3 is 24.9 Å². The van der Waals surface area contributed by atoms with Crippen LogP contribution in [0.5, 0.6) is 5.75 Å². The predicted octanol–water partition coefficient (Wildman–Crippen LogP) is -0.405. The lowest BCUT2D eigenvalue weighted by atomic mass is 10.0. The first-order chi connectivity index (χ1) is 8.53. The molecule has 0 amide bonds. The lowest BCUT2D eigenvalue weighted by Gasteiger charge is -2.11. The van der Waals surface area contributed by atoms with Gasteiger partial charge in [0, 0.05) is 25.1 Å². The molecule has 0 atom stereocenters. The molecule has 0 saturated carbocycles. The molecule has 1 aromatic rings. The number of carbonyl (C=O) groups excluding carboxylic acids is 1. The van der Waals surface area contributed by atoms with Gasteiger partial charge in [-0.3, -0.25) is 0 Å². The van der Waals surface area contributed by atoms with E-state index in [1.54, 1.807) is 7.11 Å². The Morgan fingerprint density at radius 1 is 1.39 bits per heavy atom. The summed E-state index contributed by atoms with van der Waals surface area (Å²) in [5, 5.41) is 26.7. The van der Waals surface area contributed by atoms with Crippen molar-refractivity contribution >= 4 is 5.97 Å². The van der Waals surface area contributed by atoms with E-state index < -0.39 is 5.97 Å². The van der Waals surface area contributed by atoms with E-state index in [4.69, 9.17) is 24.9 Å². The minimum absolute atomic E-state index is 0.00765. The Morgan fingerprint density at radius 2 is 1.94 bits per heavy atom. The maximum absolute atomic E-state index is 8.92. The van der Waals surface area contributed by atoms with E-state index in [1.807, 2.05) is 24.3 Å². The highest BCUT2D eigenvalue weighted by atomic mass is 16.5. The molecule has 0 spiro atoms. The van der Waals surface area contributed by atoms with Gasteiger partial charge in [-0.05, 0) is 31.0 Å². The molecule has 0 heterocycles. The van der Waals surface area contributed by atoms with Crippen molar-refractivity contribution in [2.45, 2.75) is 13.3 Å². The first kappa shape index (κ1) is 16.4. The van der Waals surface area contributed by atoms with Crippen LogP contribution in [0.25, 0.3) is 0 Å². The third-order valence-electron chi connectivity index (χ3n) is 2.17. The number of carboxylic acid groups (broad SMARTS) is 1. The van der Waals surface area contributed by atoms with Gasteiger partial charge in [-0.15, -0.1) is 0 Å². The van der Waals surface area contributed by atoms with Gasteiger partial charge in [-0.25, -0.2) is 0 Å². The van der Waals surface area contributed by atoms with Crippen LogP contribution in [0, 0.1) is 5.92 Å². The number of benzene rings is 1. The highest BCUT2D eigenvalue weighted by molar-refractivity contribution is 5.60. The largest absolute Gasteiger partial charge is 0.550 e. The molecule has 0 aromatic heterocycles. The summed E-state index contributed by atoms with van der Waals surface area (Å²) < 4.78 is 5.08. The van der Waals surface area contributed by atoms with E-state index in [0.29, 0.717) is 6.42 Å². The summed E-state index contributed by atoms with van der Waals surface area (Å²) >= 11 is 0. The van der Waals surface area contributed by atoms with Crippen LogP contribution in [-0.4, -0.2) is 36.5 Å². The lowest BCUT2D eigenvalue weighted by molar-refractivity contribution is -0.302. The SMILES string of the molecule is CC(=O)[O-].COc1cccc(CC(CO)CO)c1. The summed E-state index contributed by atoms with van der Waals surface area (Å²) in [4.78, 5) is 8.89. The number of ether oxygens (including phenoxy) is 1. The second kappa shape index (κ2) is 9.44. The van der Waals surface area contributed by atoms with Gasteiger partial charge in [0.2, 0.25) is 0 Å². The van der Waals surface area contributed by atoms with Gasteiger partial charge in [0.15, 0.2) is 0 Å². The zero-order chi connectivity index (χ0) is 14.0. The van der Waals surface area contributed by atoms with Crippen molar-refractivity contribution in [1.29, 1.82) is 0 Å². The van der Waals surface area contributed by atoms with Crippen LogP contribution in [0.1, 0.15) is 12.5 Å². The van der Waals surface area contributed by atoms with Crippen molar-refractivity contribution in [3.05, 3.63) is 29.8 Å². The molecule has 0 unspecified atom stereocenters. The van der Waals surface area contributed by atoms with Gasteiger partial charge >= 0.3 is 0 Å². The molecule has 5 nitrogen and oxygen atoms in total. The number of aliphatic carboxylic acids is 1. The molecule has 0 bridgehead atoms. The number of aliphatic hydroxyl groups is 2. The maximum Gasteiger partial charge on any atom is 0.119 e. The number of hydrogen-bond acceptors (Lipinski definition) is 5. The number of rotatable bonds is 5. The van der Waals surface area contributed by atoms with Crippen LogP contribution in [-0.2, 0) is 11.2 Å². The Bertz CT molecular complexity index is 343. The van der Waals surface area contributed by atoms with Gasteiger partial charge in [-0.2, -0.15) is 0 Å². The highest BCUT2D eigenvalue weighted by Gasteiger charge is 2.07. The number of carbonyl (C=O) groups is 1. The molecule has 2 N–H and O–H groups in total. The minimum Gasteiger partial charge on any atom is -0.550 e. The third-order valence-corrected chi connectivity index (χ3v) is 2.17. The summed E-state index contributed by atoms with van der Waals surface area (Å²) in [6.45, 7) is 0.988. The summed E-state index contributed by atoms with van der Waals surface area (Å²) in [5.74, 6) is -0.362. The van der Waals surface area contributed by atoms with Crippen molar-refractivity contribution < 1.29 is 24.9 Å². The zero-order valence-electron chi connectivity index (χ0n) is 10.6. The van der Waals surface area contributed by atoms with E-state index >= 15 is 0 Å². The minimum atomic E-state index is -1.08. The molecule has 0 fully saturated rings. The first-order valence-corrected chi connectivity index (χ1v) is 5.55. The van der Waals surface area contributed by atoms with E-state index in [0.717, 1.165) is 18.2 Å². The van der Waals surface area contributed by atoms with Crippen LogP contribution in [0.15, 0.2) is 24.3 Å². The van der Waals surface area contributed by atoms with Gasteiger partial charge in [-0.1, -0.05) is 12.1 Å². The molecule has 5 heteroatoms. The average Bonchev–Trinajstić information content (AvgIpc) is 2.35. The van der Waals surface area contributed by atoms with E-state index in [1.165, 1.54) is 0 Å². The van der Waals surface area contributed by atoms with Crippen molar-refractivity contribution in [2.24, 2.45) is 5.92 Å². The monoisotopic (exact) mass is 255 g/mol. The van der Waals surface area contributed by atoms with E-state index in [9.17, 15) is 0 Å². The molecule has 0 saturated heterocycles. The summed E-state index contributed by atoms with van der Waals surface area (Å²) in [7, 11) is 1.62. The number of carboxylic acids is 1. The molecular weight excluding hydrogens is 236 g/mol. The topological polar surface area (TPSA) is 89.8 Å². The fraction of sp³-hybridized carbons (Fsp3) is 0.462. The van der Waals surface area contributed by atoms with Gasteiger partial charge in [0.05, 0.1) is 7.11 Å². The average molecular weight is 255 g/mol. The van der Waals surface area contributed by atoms with E-state index in [2.05, 4.69) is 0 Å². The van der Waals surface area contributed by atoms with Gasteiger partial charge in [0.25, 0.3) is 0 Å². The first-order valence-electron chi connectivity index (χ1n) is 5.55. The molecule has 18 heavy (non-hydrogen) atoms. The van der Waals surface area contributed by atoms with E-state index in [-0.39, 0.29) is 19.1 Å². The van der Waals surface area contributed by atoms with Crippen LogP contribution in [0.4, 0.5) is 0 Å². The zero-order valence-corrected chi connectivity index (χ0v) is 10.6. The van der Waals surface area contributed by atoms with Crippen molar-refractivity contribution in [3.63, 3.8) is 0 Å². The Balaban J connectivity index is 0.000000631. The molecule has 102 valence electrons. The molecule has 0 aliphatic carbocycles. The standard InChI is InChI=1S/C11H16O3.C2H4O2/c1-14-11-4-2-3-9(6-11)5-10(7-12)8-13;1-2(3)4/h2-4,6,10,12-13H,5,7-8H2,1H3;1H3,(H,3,4)/p-1. The molecule has 0 aliphatic heterocycles. The highest BCUT2D eigenvalue weighted by Crippen LogP contribution is 2.15. The van der Waals surface area contributed by atoms with Crippen molar-refractivity contribution in [3.8, 4) is 5.75 Å². The van der Waals surface area contributed by atoms with Crippen LogP contribution in [0.2, 0.25) is 0 Å². The molecule has 0 radical (unpaired) electrons. The summed E-state index contributed by atoms with van der Waals surface area (Å²) in [6.07, 6.45) is 0.671. The summed E-state index contributed by atoms with van der Waals surface area (Å²) in [6, 6.07) is 7.65. The normalized spacial score (nSPS) is 9.61. The second-order valence-corrected chi connectivity index (χ2v) is 3.78. The van der Waals surface area contributed by atoms with Crippen molar-refractivity contribution in [2.75, 3.05) is 20.3 Å². The molecule has 0 aliphatic rings. The maximum atomic E-state index is 8.92. The van der Waals surface area contributed by atoms with Gasteiger partial charge in [0.1, 0.15) is 5.75 Å². The number of aliphatic hydroxyl groups excluding tert-OH is 2. The Labute approximate surface area is 107 Å². The number of methoxy groups -OCH3 is 1.